The first kappa shape index (κ1) is 22.3. The molecule has 1 aromatic carbocycles. The molecule has 1 aliphatic rings. The highest BCUT2D eigenvalue weighted by atomic mass is 32.2. The molecule has 0 bridgehead atoms. The molecule has 0 radical (unpaired) electrons. The fraction of sp³-hybridized carbons (Fsp3) is 0.261. The molecule has 3 aromatic heterocycles. The molecule has 1 fully saturated rings. The second kappa shape index (κ2) is 9.02. The Kier molecular flexibility index (Phi) is 6.09. The van der Waals surface area contributed by atoms with Crippen molar-refractivity contribution in [3.8, 4) is 11.1 Å². The van der Waals surface area contributed by atoms with Crippen molar-refractivity contribution in [2.75, 3.05) is 13.1 Å². The molecule has 4 aromatic rings. The topological polar surface area (TPSA) is 96.0 Å². The van der Waals surface area contributed by atoms with Crippen molar-refractivity contribution < 1.29 is 8.42 Å². The number of benzene rings is 1. The number of aromatic nitrogens is 3. The van der Waals surface area contributed by atoms with Crippen molar-refractivity contribution in [2.24, 2.45) is 0 Å². The predicted octanol–water partition coefficient (Wildman–Crippen LogP) is 4.68. The Hall–Kier alpha value is -2.53. The lowest BCUT2D eigenvalue weighted by Gasteiger charge is -2.15. The number of H-pyrrole nitrogens is 1. The molecular formula is C23H22N4O3S3. The number of sulfonamides is 1. The van der Waals surface area contributed by atoms with Gasteiger partial charge in [0.05, 0.1) is 15.7 Å². The van der Waals surface area contributed by atoms with E-state index in [1.165, 1.54) is 33.6 Å². The van der Waals surface area contributed by atoms with Gasteiger partial charge < -0.3 is 4.98 Å². The van der Waals surface area contributed by atoms with Gasteiger partial charge in [0.1, 0.15) is 15.6 Å². The monoisotopic (exact) mass is 498 g/mol. The van der Waals surface area contributed by atoms with Crippen LogP contribution in [-0.4, -0.2) is 40.8 Å². The Morgan fingerprint density at radius 2 is 1.88 bits per heavy atom. The van der Waals surface area contributed by atoms with Gasteiger partial charge in [-0.3, -0.25) is 4.79 Å². The Balaban J connectivity index is 1.37. The van der Waals surface area contributed by atoms with Crippen molar-refractivity contribution >= 4 is 43.3 Å². The van der Waals surface area contributed by atoms with Crippen molar-refractivity contribution in [3.05, 3.63) is 70.2 Å². The highest BCUT2D eigenvalue weighted by molar-refractivity contribution is 7.99. The van der Waals surface area contributed by atoms with Crippen LogP contribution in [0.4, 0.5) is 0 Å². The van der Waals surface area contributed by atoms with E-state index in [1.54, 1.807) is 12.1 Å². The molecule has 4 heterocycles. The summed E-state index contributed by atoms with van der Waals surface area (Å²) in [4.78, 5) is 25.8. The molecule has 7 nitrogen and oxygen atoms in total. The van der Waals surface area contributed by atoms with Gasteiger partial charge >= 0.3 is 0 Å². The van der Waals surface area contributed by atoms with Crippen LogP contribution in [0.5, 0.6) is 0 Å². The number of thioether (sulfide) groups is 1. The molecule has 5 rings (SSSR count). The standard InChI is InChI=1S/C23H22N4O3S3/c1-15(32-19-10-9-17(13-24-19)33(29,30)27-11-5-6-12-27)21-25-22(28)20-18(14-31-23(20)26-21)16-7-3-2-4-8-16/h2-4,7-10,13-15H,5-6,11-12H2,1H3,(H,25,26,28)/t15-/m1/s1. The lowest BCUT2D eigenvalue weighted by molar-refractivity contribution is 0.477. The minimum Gasteiger partial charge on any atom is -0.309 e. The Morgan fingerprint density at radius 3 is 2.58 bits per heavy atom. The zero-order chi connectivity index (χ0) is 23.0. The van der Waals surface area contributed by atoms with E-state index in [-0.39, 0.29) is 15.7 Å². The zero-order valence-corrected chi connectivity index (χ0v) is 20.3. The van der Waals surface area contributed by atoms with Crippen LogP contribution in [-0.2, 0) is 10.0 Å². The fourth-order valence-electron chi connectivity index (χ4n) is 3.89. The molecule has 33 heavy (non-hydrogen) atoms. The minimum absolute atomic E-state index is 0.164. The Morgan fingerprint density at radius 1 is 1.12 bits per heavy atom. The van der Waals surface area contributed by atoms with Crippen LogP contribution in [0.1, 0.15) is 30.8 Å². The molecular weight excluding hydrogens is 476 g/mol. The molecule has 0 aliphatic carbocycles. The lowest BCUT2D eigenvalue weighted by Crippen LogP contribution is -2.27. The second-order valence-electron chi connectivity index (χ2n) is 7.85. The third-order valence-electron chi connectivity index (χ3n) is 5.64. The summed E-state index contributed by atoms with van der Waals surface area (Å²) in [5.41, 5.74) is 1.70. The Labute approximate surface area is 200 Å². The smallest absolute Gasteiger partial charge is 0.260 e. The molecule has 1 N–H and O–H groups in total. The maximum atomic E-state index is 12.9. The first-order valence-electron chi connectivity index (χ1n) is 10.6. The molecule has 0 spiro atoms. The summed E-state index contributed by atoms with van der Waals surface area (Å²) in [5, 5.41) is 3.06. The van der Waals surface area contributed by atoms with Crippen LogP contribution in [0.15, 0.2) is 68.8 Å². The van der Waals surface area contributed by atoms with Crippen molar-refractivity contribution in [1.82, 2.24) is 19.3 Å². The van der Waals surface area contributed by atoms with E-state index in [9.17, 15) is 13.2 Å². The number of nitrogens with zero attached hydrogens (tertiary/aromatic N) is 3. The van der Waals surface area contributed by atoms with E-state index in [4.69, 9.17) is 4.98 Å². The van der Waals surface area contributed by atoms with Gasteiger partial charge in [0.15, 0.2) is 0 Å². The summed E-state index contributed by atoms with van der Waals surface area (Å²) in [6.07, 6.45) is 3.20. The van der Waals surface area contributed by atoms with E-state index in [0.29, 0.717) is 34.2 Å². The summed E-state index contributed by atoms with van der Waals surface area (Å²) in [5.74, 6) is 0.564. The van der Waals surface area contributed by atoms with Gasteiger partial charge in [-0.25, -0.2) is 18.4 Å². The average molecular weight is 499 g/mol. The highest BCUT2D eigenvalue weighted by Gasteiger charge is 2.27. The van der Waals surface area contributed by atoms with Gasteiger partial charge in [0.2, 0.25) is 10.0 Å². The van der Waals surface area contributed by atoms with Gasteiger partial charge in [0.25, 0.3) is 5.56 Å². The van der Waals surface area contributed by atoms with Gasteiger partial charge in [-0.1, -0.05) is 42.1 Å². The second-order valence-corrected chi connectivity index (χ2v) is 12.0. The van der Waals surface area contributed by atoms with Crippen molar-refractivity contribution in [1.29, 1.82) is 0 Å². The quantitative estimate of drug-likeness (QED) is 0.388. The number of fused-ring (bicyclic) bond motifs is 1. The zero-order valence-electron chi connectivity index (χ0n) is 17.9. The van der Waals surface area contributed by atoms with E-state index in [2.05, 4.69) is 9.97 Å². The third-order valence-corrected chi connectivity index (χ3v) is 9.46. The number of hydrogen-bond acceptors (Lipinski definition) is 7. The van der Waals surface area contributed by atoms with Crippen LogP contribution in [0, 0.1) is 0 Å². The van der Waals surface area contributed by atoms with Crippen LogP contribution in [0.2, 0.25) is 0 Å². The summed E-state index contributed by atoms with van der Waals surface area (Å²) < 4.78 is 26.9. The third kappa shape index (κ3) is 4.35. The summed E-state index contributed by atoms with van der Waals surface area (Å²) in [6, 6.07) is 13.1. The highest BCUT2D eigenvalue weighted by Crippen LogP contribution is 2.35. The molecule has 0 saturated carbocycles. The first-order valence-corrected chi connectivity index (χ1v) is 13.8. The van der Waals surface area contributed by atoms with E-state index < -0.39 is 10.0 Å². The molecule has 10 heteroatoms. The average Bonchev–Trinajstić information content (AvgIpc) is 3.51. The van der Waals surface area contributed by atoms with Crippen molar-refractivity contribution in [3.63, 3.8) is 0 Å². The van der Waals surface area contributed by atoms with E-state index >= 15 is 0 Å². The summed E-state index contributed by atoms with van der Waals surface area (Å²) in [7, 11) is -3.48. The maximum Gasteiger partial charge on any atom is 0.260 e. The summed E-state index contributed by atoms with van der Waals surface area (Å²) >= 11 is 2.87. The fourth-order valence-corrected chi connectivity index (χ4v) is 7.16. The van der Waals surface area contributed by atoms with Gasteiger partial charge in [-0.2, -0.15) is 4.31 Å². The Bertz CT molecular complexity index is 1440. The van der Waals surface area contributed by atoms with Crippen LogP contribution >= 0.6 is 23.1 Å². The van der Waals surface area contributed by atoms with Gasteiger partial charge in [-0.05, 0) is 37.5 Å². The number of aromatic amines is 1. The summed E-state index contributed by atoms with van der Waals surface area (Å²) in [6.45, 7) is 3.06. The predicted molar refractivity (Wildman–Crippen MR) is 132 cm³/mol. The molecule has 1 saturated heterocycles. The van der Waals surface area contributed by atoms with Crippen LogP contribution in [0.3, 0.4) is 0 Å². The van der Waals surface area contributed by atoms with Crippen LogP contribution in [0.25, 0.3) is 21.3 Å². The SMILES string of the molecule is C[C@@H](Sc1ccc(S(=O)(=O)N2CCCC2)cn1)c1nc2scc(-c3ccccc3)c2c(=O)[nH]1. The van der Waals surface area contributed by atoms with E-state index in [0.717, 1.165) is 24.0 Å². The maximum absolute atomic E-state index is 12.9. The molecule has 0 unspecified atom stereocenters. The van der Waals surface area contributed by atoms with Crippen molar-refractivity contribution in [2.45, 2.75) is 34.9 Å². The first-order chi connectivity index (χ1) is 15.9. The minimum atomic E-state index is -3.48. The number of hydrogen-bond donors (Lipinski definition) is 1. The molecule has 1 atom stereocenters. The number of rotatable bonds is 6. The molecule has 170 valence electrons. The lowest BCUT2D eigenvalue weighted by atomic mass is 10.1. The largest absolute Gasteiger partial charge is 0.309 e. The van der Waals surface area contributed by atoms with Crippen LogP contribution < -0.4 is 5.56 Å². The number of pyridine rings is 1. The molecule has 1 aliphatic heterocycles. The van der Waals surface area contributed by atoms with E-state index in [1.807, 2.05) is 42.6 Å². The van der Waals surface area contributed by atoms with Gasteiger partial charge in [0, 0.05) is 30.2 Å². The number of nitrogens with one attached hydrogen (secondary N) is 1. The normalized spacial score (nSPS) is 15.8. The van der Waals surface area contributed by atoms with Gasteiger partial charge in [-0.15, -0.1) is 11.3 Å². The molecule has 0 amide bonds. The number of thiophene rings is 1.